The standard InChI is InChI=1S/C14H16N4O5S2/c1-18(8-13(19)16-14-17-15-9-24-14)25(20,21)10-3-4-11-12(7-10)23-6-2-5-22-11/h3-4,7,9H,2,5-6,8H2,1H3,(H,16,17,19). The van der Waals surface area contributed by atoms with Gasteiger partial charge >= 0.3 is 0 Å². The highest BCUT2D eigenvalue weighted by atomic mass is 32.2. The number of carbonyl (C=O) groups excluding carboxylic acids is 1. The van der Waals surface area contributed by atoms with E-state index in [4.69, 9.17) is 9.47 Å². The van der Waals surface area contributed by atoms with Crippen molar-refractivity contribution in [1.29, 1.82) is 0 Å². The second-order valence-electron chi connectivity index (χ2n) is 5.21. The minimum atomic E-state index is -3.85. The third-order valence-electron chi connectivity index (χ3n) is 3.40. The van der Waals surface area contributed by atoms with Gasteiger partial charge in [-0.15, -0.1) is 10.2 Å². The summed E-state index contributed by atoms with van der Waals surface area (Å²) in [5.74, 6) is 0.385. The van der Waals surface area contributed by atoms with Crippen molar-refractivity contribution in [3.63, 3.8) is 0 Å². The Morgan fingerprint density at radius 2 is 2.08 bits per heavy atom. The van der Waals surface area contributed by atoms with Crippen LogP contribution >= 0.6 is 11.3 Å². The Morgan fingerprint density at radius 1 is 1.32 bits per heavy atom. The molecule has 1 aromatic carbocycles. The van der Waals surface area contributed by atoms with Gasteiger partial charge in [0.15, 0.2) is 11.5 Å². The monoisotopic (exact) mass is 384 g/mol. The van der Waals surface area contributed by atoms with Crippen molar-refractivity contribution >= 4 is 32.4 Å². The van der Waals surface area contributed by atoms with E-state index in [1.54, 1.807) is 6.07 Å². The Hall–Kier alpha value is -2.24. The van der Waals surface area contributed by atoms with Gasteiger partial charge in [0.1, 0.15) is 5.51 Å². The Kier molecular flexibility index (Phi) is 5.16. The van der Waals surface area contributed by atoms with Gasteiger partial charge in [-0.05, 0) is 12.1 Å². The fraction of sp³-hybridized carbons (Fsp3) is 0.357. The smallest absolute Gasteiger partial charge is 0.243 e. The quantitative estimate of drug-likeness (QED) is 0.817. The molecule has 2 aromatic rings. The molecule has 1 N–H and O–H groups in total. The number of carbonyl (C=O) groups is 1. The molecule has 0 aliphatic carbocycles. The van der Waals surface area contributed by atoms with Crippen LogP contribution in [0.2, 0.25) is 0 Å². The number of rotatable bonds is 5. The molecule has 134 valence electrons. The fourth-order valence-corrected chi connectivity index (χ4v) is 3.76. The number of ether oxygens (including phenoxy) is 2. The number of aromatic nitrogens is 2. The van der Waals surface area contributed by atoms with E-state index >= 15 is 0 Å². The summed E-state index contributed by atoms with van der Waals surface area (Å²) in [6, 6.07) is 4.40. The summed E-state index contributed by atoms with van der Waals surface area (Å²) in [5.41, 5.74) is 1.47. The number of likely N-dealkylation sites (N-methyl/N-ethyl adjacent to an activating group) is 1. The Balaban J connectivity index is 1.74. The number of nitrogens with zero attached hydrogens (tertiary/aromatic N) is 3. The molecule has 0 saturated carbocycles. The van der Waals surface area contributed by atoms with Gasteiger partial charge in [0.25, 0.3) is 0 Å². The van der Waals surface area contributed by atoms with Crippen molar-refractivity contribution in [1.82, 2.24) is 14.5 Å². The minimum absolute atomic E-state index is 0.0305. The van der Waals surface area contributed by atoms with Gasteiger partial charge in [0.05, 0.1) is 24.7 Å². The summed E-state index contributed by atoms with van der Waals surface area (Å²) in [6.07, 6.45) is 0.725. The average Bonchev–Trinajstić information content (AvgIpc) is 2.96. The van der Waals surface area contributed by atoms with Crippen LogP contribution in [0.3, 0.4) is 0 Å². The first-order chi connectivity index (χ1) is 12.0. The van der Waals surface area contributed by atoms with Gasteiger partial charge in [-0.25, -0.2) is 8.42 Å². The number of sulfonamides is 1. The van der Waals surface area contributed by atoms with E-state index in [1.807, 2.05) is 0 Å². The van der Waals surface area contributed by atoms with Crippen molar-refractivity contribution < 1.29 is 22.7 Å². The SMILES string of the molecule is CN(CC(=O)Nc1nncs1)S(=O)(=O)c1ccc2c(c1)OCCCO2. The van der Waals surface area contributed by atoms with Gasteiger partial charge < -0.3 is 9.47 Å². The molecule has 0 atom stereocenters. The third kappa shape index (κ3) is 4.06. The lowest BCUT2D eigenvalue weighted by molar-refractivity contribution is -0.116. The average molecular weight is 384 g/mol. The third-order valence-corrected chi connectivity index (χ3v) is 5.81. The largest absolute Gasteiger partial charge is 0.490 e. The van der Waals surface area contributed by atoms with Crippen LogP contribution in [0.5, 0.6) is 11.5 Å². The Bertz CT molecular complexity index is 854. The van der Waals surface area contributed by atoms with Crippen molar-refractivity contribution in [2.75, 3.05) is 32.1 Å². The zero-order valence-electron chi connectivity index (χ0n) is 13.3. The summed E-state index contributed by atoms with van der Waals surface area (Å²) >= 11 is 1.15. The van der Waals surface area contributed by atoms with Gasteiger partial charge in [0, 0.05) is 19.5 Å². The number of amides is 1. The lowest BCUT2D eigenvalue weighted by Crippen LogP contribution is -2.35. The fourth-order valence-electron chi connectivity index (χ4n) is 2.16. The molecular weight excluding hydrogens is 368 g/mol. The van der Waals surface area contributed by atoms with E-state index in [-0.39, 0.29) is 11.4 Å². The Morgan fingerprint density at radius 3 is 2.80 bits per heavy atom. The van der Waals surface area contributed by atoms with Gasteiger partial charge in [-0.1, -0.05) is 11.3 Å². The first-order valence-corrected chi connectivity index (χ1v) is 9.71. The van der Waals surface area contributed by atoms with Gasteiger partial charge in [-0.3, -0.25) is 10.1 Å². The summed E-state index contributed by atoms with van der Waals surface area (Å²) < 4.78 is 37.3. The molecule has 3 rings (SSSR count). The molecule has 25 heavy (non-hydrogen) atoms. The summed E-state index contributed by atoms with van der Waals surface area (Å²) in [4.78, 5) is 12.0. The van der Waals surface area contributed by atoms with E-state index < -0.39 is 15.9 Å². The van der Waals surface area contributed by atoms with Gasteiger partial charge in [0.2, 0.25) is 21.1 Å². The predicted octanol–water partition coefficient (Wildman–Crippen LogP) is 0.959. The molecule has 11 heteroatoms. The van der Waals surface area contributed by atoms with E-state index in [0.717, 1.165) is 22.1 Å². The van der Waals surface area contributed by atoms with E-state index in [9.17, 15) is 13.2 Å². The number of benzene rings is 1. The van der Waals surface area contributed by atoms with E-state index in [0.29, 0.717) is 29.8 Å². The number of hydrogen-bond acceptors (Lipinski definition) is 8. The van der Waals surface area contributed by atoms with Crippen molar-refractivity contribution in [2.45, 2.75) is 11.3 Å². The lowest BCUT2D eigenvalue weighted by Gasteiger charge is -2.17. The zero-order valence-corrected chi connectivity index (χ0v) is 15.0. The van der Waals surface area contributed by atoms with E-state index in [1.165, 1.54) is 24.7 Å². The molecule has 1 aliphatic rings. The lowest BCUT2D eigenvalue weighted by atomic mass is 10.3. The molecule has 0 spiro atoms. The van der Waals surface area contributed by atoms with Crippen molar-refractivity contribution in [3.8, 4) is 11.5 Å². The number of hydrogen-bond donors (Lipinski definition) is 1. The maximum Gasteiger partial charge on any atom is 0.243 e. The Labute approximate surface area is 148 Å². The summed E-state index contributed by atoms with van der Waals surface area (Å²) in [5, 5.41) is 10.1. The van der Waals surface area contributed by atoms with Crippen molar-refractivity contribution in [3.05, 3.63) is 23.7 Å². The normalized spacial score (nSPS) is 14.2. The zero-order chi connectivity index (χ0) is 17.9. The highest BCUT2D eigenvalue weighted by molar-refractivity contribution is 7.89. The summed E-state index contributed by atoms with van der Waals surface area (Å²) in [6.45, 7) is 0.623. The molecule has 2 heterocycles. The van der Waals surface area contributed by atoms with Crippen LogP contribution in [0.1, 0.15) is 6.42 Å². The topological polar surface area (TPSA) is 111 Å². The molecule has 0 bridgehead atoms. The number of fused-ring (bicyclic) bond motifs is 1. The summed E-state index contributed by atoms with van der Waals surface area (Å²) in [7, 11) is -2.52. The van der Waals surface area contributed by atoms with E-state index in [2.05, 4.69) is 15.5 Å². The maximum atomic E-state index is 12.7. The second-order valence-corrected chi connectivity index (χ2v) is 8.09. The van der Waals surface area contributed by atoms with Crippen LogP contribution in [0.25, 0.3) is 0 Å². The molecule has 0 unspecified atom stereocenters. The molecule has 0 saturated heterocycles. The number of nitrogens with one attached hydrogen (secondary N) is 1. The molecule has 1 aliphatic heterocycles. The van der Waals surface area contributed by atoms with Crippen LogP contribution in [0.4, 0.5) is 5.13 Å². The maximum absolute atomic E-state index is 12.7. The molecule has 0 fully saturated rings. The first kappa shape index (κ1) is 17.6. The van der Waals surface area contributed by atoms with Gasteiger partial charge in [-0.2, -0.15) is 4.31 Å². The van der Waals surface area contributed by atoms with Crippen LogP contribution in [0, 0.1) is 0 Å². The minimum Gasteiger partial charge on any atom is -0.490 e. The molecule has 1 amide bonds. The van der Waals surface area contributed by atoms with Crippen molar-refractivity contribution in [2.24, 2.45) is 0 Å². The second kappa shape index (κ2) is 7.33. The number of anilines is 1. The van der Waals surface area contributed by atoms with Crippen LogP contribution < -0.4 is 14.8 Å². The van der Waals surface area contributed by atoms with Crippen LogP contribution in [0.15, 0.2) is 28.6 Å². The van der Waals surface area contributed by atoms with Crippen LogP contribution in [-0.4, -0.2) is 55.6 Å². The molecule has 1 aromatic heterocycles. The highest BCUT2D eigenvalue weighted by Crippen LogP contribution is 2.32. The first-order valence-electron chi connectivity index (χ1n) is 7.39. The predicted molar refractivity (Wildman–Crippen MR) is 90.4 cm³/mol. The molecule has 0 radical (unpaired) electrons. The highest BCUT2D eigenvalue weighted by Gasteiger charge is 2.25. The molecular formula is C14H16N4O5S2. The molecule has 9 nitrogen and oxygen atoms in total. The van der Waals surface area contributed by atoms with Crippen LogP contribution in [-0.2, 0) is 14.8 Å².